The van der Waals surface area contributed by atoms with Gasteiger partial charge in [0.2, 0.25) is 0 Å². The highest BCUT2D eigenvalue weighted by Crippen LogP contribution is 1.72. The molecule has 0 aliphatic carbocycles. The average Bonchev–Trinajstić information content (AvgIpc) is 1.91. The summed E-state index contributed by atoms with van der Waals surface area (Å²) < 4.78 is 13.4. The zero-order chi connectivity index (χ0) is 8.24. The fourth-order valence-electron chi connectivity index (χ4n) is 0.235. The third-order valence-electron chi connectivity index (χ3n) is 0.471. The Kier molecular flexibility index (Phi) is 19.3. The lowest BCUT2D eigenvalue weighted by molar-refractivity contribution is 0.194. The van der Waals surface area contributed by atoms with Crippen molar-refractivity contribution in [2.45, 2.75) is 0 Å². The molecule has 1 unspecified atom stereocenters. The normalized spacial score (nSPS) is 7.70. The van der Waals surface area contributed by atoms with Crippen molar-refractivity contribution in [1.82, 2.24) is 0 Å². The second-order valence-electron chi connectivity index (χ2n) is 1.21. The predicted molar refractivity (Wildman–Crippen MR) is 42.4 cm³/mol. The van der Waals surface area contributed by atoms with E-state index in [0.717, 1.165) is 0 Å². The molecule has 4 heteroatoms. The first-order valence-electron chi connectivity index (χ1n) is 2.64. The fourth-order valence-corrected chi connectivity index (χ4v) is 0.235. The van der Waals surface area contributed by atoms with Crippen LogP contribution >= 0.6 is 8.69 Å². The lowest BCUT2D eigenvalue weighted by Gasteiger charge is -1.89. The van der Waals surface area contributed by atoms with Crippen molar-refractivity contribution in [3.63, 3.8) is 0 Å². The zero-order valence-electron chi connectivity index (χ0n) is 5.75. The van der Waals surface area contributed by atoms with Crippen LogP contribution in [0.2, 0.25) is 0 Å². The summed E-state index contributed by atoms with van der Waals surface area (Å²) in [5, 5.41) is 0. The van der Waals surface area contributed by atoms with Gasteiger partial charge in [-0.15, -0.1) is 13.2 Å². The largest absolute Gasteiger partial charge is 0.491 e. The molecule has 0 fully saturated rings. The van der Waals surface area contributed by atoms with Crippen molar-refractivity contribution in [2.75, 3.05) is 13.2 Å². The molecule has 0 spiro atoms. The molecule has 10 heavy (non-hydrogen) atoms. The molecule has 0 rings (SSSR count). The van der Waals surface area contributed by atoms with Gasteiger partial charge < -0.3 is 4.74 Å². The summed E-state index contributed by atoms with van der Waals surface area (Å²) in [4.78, 5) is 7.04. The smallest absolute Gasteiger partial charge is 0.373 e. The highest BCUT2D eigenvalue weighted by molar-refractivity contribution is 7.16. The van der Waals surface area contributed by atoms with Crippen molar-refractivity contribution in [2.24, 2.45) is 0 Å². The van der Waals surface area contributed by atoms with E-state index in [4.69, 9.17) is 14.2 Å². The Morgan fingerprint density at radius 1 is 1.40 bits per heavy atom. The molecule has 1 N–H and O–H groups in total. The zero-order valence-corrected chi connectivity index (χ0v) is 6.75. The van der Waals surface area contributed by atoms with Gasteiger partial charge in [-0.3, -0.25) is 0 Å². The van der Waals surface area contributed by atoms with Crippen molar-refractivity contribution in [3.05, 3.63) is 25.3 Å². The molecule has 1 atom stereocenters. The van der Waals surface area contributed by atoms with E-state index in [1.807, 2.05) is 0 Å². The minimum Gasteiger partial charge on any atom is -0.373 e. The SMILES string of the molecule is C=CCOCC=C.O=[PH+]O. The predicted octanol–water partition coefficient (Wildman–Crippen LogP) is 1.29. The summed E-state index contributed by atoms with van der Waals surface area (Å²) in [5.74, 6) is 0. The Labute approximate surface area is 62.3 Å². The van der Waals surface area contributed by atoms with E-state index in [9.17, 15) is 0 Å². The standard InChI is InChI=1S/C6H10O.HO2P/c1-3-5-7-6-4-2;1-3-2/h3-4H,1-2,5-6H2;3H/p+1. The van der Waals surface area contributed by atoms with Gasteiger partial charge in [0.05, 0.1) is 13.2 Å². The molecule has 0 aliphatic heterocycles. The van der Waals surface area contributed by atoms with Gasteiger partial charge in [0.15, 0.2) is 0 Å². The van der Waals surface area contributed by atoms with Crippen LogP contribution in [-0.4, -0.2) is 18.1 Å². The minimum absolute atomic E-state index is 0.617. The third-order valence-corrected chi connectivity index (χ3v) is 0.471. The molecule has 3 nitrogen and oxygen atoms in total. The van der Waals surface area contributed by atoms with Crippen LogP contribution in [0, 0.1) is 0 Å². The molecule has 58 valence electrons. The van der Waals surface area contributed by atoms with Crippen LogP contribution in [0.1, 0.15) is 0 Å². The van der Waals surface area contributed by atoms with Crippen LogP contribution in [0.5, 0.6) is 0 Å². The van der Waals surface area contributed by atoms with Gasteiger partial charge >= 0.3 is 8.69 Å². The molecule has 0 aromatic rings. The molecule has 0 saturated carbocycles. The fraction of sp³-hybridized carbons (Fsp3) is 0.333. The second kappa shape index (κ2) is 15.8. The lowest BCUT2D eigenvalue weighted by Crippen LogP contribution is -1.87. The van der Waals surface area contributed by atoms with Gasteiger partial charge in [-0.25, -0.2) is 0 Å². The monoisotopic (exact) mass is 163 g/mol. The summed E-state index contributed by atoms with van der Waals surface area (Å²) in [5.41, 5.74) is 0. The summed E-state index contributed by atoms with van der Waals surface area (Å²) in [6, 6.07) is 0. The van der Waals surface area contributed by atoms with Crippen molar-refractivity contribution in [1.29, 1.82) is 0 Å². The number of rotatable bonds is 4. The molecule has 0 saturated heterocycles. The van der Waals surface area contributed by atoms with E-state index in [1.54, 1.807) is 12.2 Å². The number of hydrogen-bond donors (Lipinski definition) is 1. The van der Waals surface area contributed by atoms with Crippen LogP contribution in [0.4, 0.5) is 0 Å². The Bertz CT molecular complexity index is 85.0. The molecule has 0 aromatic carbocycles. The Morgan fingerprint density at radius 3 is 1.90 bits per heavy atom. The lowest BCUT2D eigenvalue weighted by atomic mass is 10.6. The Balaban J connectivity index is 0. The highest BCUT2D eigenvalue weighted by Gasteiger charge is 1.70. The van der Waals surface area contributed by atoms with E-state index in [2.05, 4.69) is 13.2 Å². The maximum atomic E-state index is 8.51. The second-order valence-corrected chi connectivity index (χ2v) is 1.39. The quantitative estimate of drug-likeness (QED) is 0.386. The average molecular weight is 163 g/mol. The maximum absolute atomic E-state index is 8.51. The summed E-state index contributed by atoms with van der Waals surface area (Å²) >= 11 is 0. The van der Waals surface area contributed by atoms with E-state index < -0.39 is 8.69 Å². The molecule has 0 bridgehead atoms. The Morgan fingerprint density at radius 2 is 1.70 bits per heavy atom. The van der Waals surface area contributed by atoms with Gasteiger partial charge in [0.1, 0.15) is 0 Å². The third kappa shape index (κ3) is 25.9. The first-order valence-corrected chi connectivity index (χ1v) is 3.49. The molecular weight excluding hydrogens is 151 g/mol. The van der Waals surface area contributed by atoms with Crippen LogP contribution in [0.3, 0.4) is 0 Å². The summed E-state index contributed by atoms with van der Waals surface area (Å²) in [6.45, 7) is 8.18. The maximum Gasteiger partial charge on any atom is 0.491 e. The van der Waals surface area contributed by atoms with Gasteiger partial charge in [-0.1, -0.05) is 12.2 Å². The topological polar surface area (TPSA) is 46.5 Å². The van der Waals surface area contributed by atoms with Gasteiger partial charge in [-0.05, 0) is 4.57 Å². The number of ether oxygens (including phenoxy) is 1. The van der Waals surface area contributed by atoms with Gasteiger partial charge in [0, 0.05) is 0 Å². The molecule has 0 aromatic heterocycles. The minimum atomic E-state index is -1.17. The van der Waals surface area contributed by atoms with Crippen LogP contribution in [0.25, 0.3) is 0 Å². The van der Waals surface area contributed by atoms with E-state index in [1.165, 1.54) is 0 Å². The van der Waals surface area contributed by atoms with Crippen molar-refractivity contribution >= 4 is 8.69 Å². The first kappa shape index (κ1) is 12.2. The molecule has 0 aliphatic rings. The van der Waals surface area contributed by atoms with Gasteiger partial charge in [-0.2, -0.15) is 4.89 Å². The van der Waals surface area contributed by atoms with E-state index in [0.29, 0.717) is 13.2 Å². The molecule has 0 radical (unpaired) electrons. The number of hydrogen-bond acceptors (Lipinski definition) is 2. The first-order chi connectivity index (χ1) is 4.83. The summed E-state index contributed by atoms with van der Waals surface area (Å²) in [6.07, 6.45) is 3.42. The van der Waals surface area contributed by atoms with Crippen LogP contribution < -0.4 is 0 Å². The highest BCUT2D eigenvalue weighted by atomic mass is 31.1. The van der Waals surface area contributed by atoms with E-state index in [-0.39, 0.29) is 0 Å². The Hall–Kier alpha value is -0.500. The van der Waals surface area contributed by atoms with E-state index >= 15 is 0 Å². The molecule has 0 amide bonds. The molecular formula is C6H12O3P+. The summed E-state index contributed by atoms with van der Waals surface area (Å²) in [7, 11) is -1.17. The van der Waals surface area contributed by atoms with Crippen LogP contribution in [0.15, 0.2) is 25.3 Å². The van der Waals surface area contributed by atoms with Crippen molar-refractivity contribution in [3.8, 4) is 0 Å². The van der Waals surface area contributed by atoms with Crippen LogP contribution in [-0.2, 0) is 9.30 Å². The van der Waals surface area contributed by atoms with Crippen molar-refractivity contribution < 1.29 is 14.2 Å². The van der Waals surface area contributed by atoms with Gasteiger partial charge in [0.25, 0.3) is 0 Å². The molecule has 0 heterocycles.